The molecule has 1 aliphatic carbocycles. The van der Waals surface area contributed by atoms with E-state index in [1.165, 1.54) is 12.8 Å². The van der Waals surface area contributed by atoms with Crippen LogP contribution in [0.25, 0.3) is 0 Å². The molecule has 0 aromatic carbocycles. The van der Waals surface area contributed by atoms with Crippen LogP contribution in [0.2, 0.25) is 0 Å². The smallest absolute Gasteiger partial charge is 0.339 e. The van der Waals surface area contributed by atoms with Gasteiger partial charge in [-0.2, -0.15) is 0 Å². The molecule has 0 unspecified atom stereocenters. The van der Waals surface area contributed by atoms with E-state index in [1.54, 1.807) is 12.1 Å². The molecular formula is C12H16N2O2. The van der Waals surface area contributed by atoms with Crippen LogP contribution in [0.4, 0.5) is 5.82 Å². The van der Waals surface area contributed by atoms with Gasteiger partial charge in [0.1, 0.15) is 11.4 Å². The molecule has 86 valence electrons. The molecule has 0 amide bonds. The molecule has 0 spiro atoms. The van der Waals surface area contributed by atoms with Gasteiger partial charge in [0.05, 0.1) is 0 Å². The molecule has 0 bridgehead atoms. The number of rotatable bonds is 5. The Bertz CT molecular complexity index is 400. The summed E-state index contributed by atoms with van der Waals surface area (Å²) >= 11 is 0. The van der Waals surface area contributed by atoms with Crippen LogP contribution >= 0.6 is 0 Å². The monoisotopic (exact) mass is 220 g/mol. The lowest BCUT2D eigenvalue weighted by atomic mass is 10.2. The number of anilines is 1. The number of aromatic nitrogens is 1. The maximum absolute atomic E-state index is 11.0. The number of pyridine rings is 1. The Kier molecular flexibility index (Phi) is 3.08. The van der Waals surface area contributed by atoms with Crippen molar-refractivity contribution < 1.29 is 9.90 Å². The van der Waals surface area contributed by atoms with Crippen LogP contribution in [-0.2, 0) is 0 Å². The molecule has 2 rings (SSSR count). The van der Waals surface area contributed by atoms with Crippen molar-refractivity contribution >= 4 is 11.8 Å². The van der Waals surface area contributed by atoms with Crippen LogP contribution < -0.4 is 5.32 Å². The van der Waals surface area contributed by atoms with E-state index in [0.29, 0.717) is 5.82 Å². The normalized spacial score (nSPS) is 14.8. The molecule has 0 aliphatic heterocycles. The molecule has 1 saturated carbocycles. The van der Waals surface area contributed by atoms with E-state index >= 15 is 0 Å². The molecule has 0 atom stereocenters. The third-order valence-corrected chi connectivity index (χ3v) is 2.81. The second-order valence-corrected chi connectivity index (χ2v) is 4.31. The van der Waals surface area contributed by atoms with Crippen LogP contribution in [-0.4, -0.2) is 22.6 Å². The minimum absolute atomic E-state index is 0.251. The predicted molar refractivity (Wildman–Crippen MR) is 61.8 cm³/mol. The predicted octanol–water partition coefficient (Wildman–Crippen LogP) is 2.30. The van der Waals surface area contributed by atoms with E-state index in [1.807, 2.05) is 6.92 Å². The zero-order valence-electron chi connectivity index (χ0n) is 9.36. The molecular weight excluding hydrogens is 204 g/mol. The van der Waals surface area contributed by atoms with Crippen molar-refractivity contribution in [2.24, 2.45) is 5.92 Å². The molecule has 1 aromatic heterocycles. The number of carboxylic acid groups (broad SMARTS) is 1. The van der Waals surface area contributed by atoms with Gasteiger partial charge in [-0.05, 0) is 31.4 Å². The van der Waals surface area contributed by atoms with E-state index in [2.05, 4.69) is 10.3 Å². The third kappa shape index (κ3) is 2.72. The minimum Gasteiger partial charge on any atom is -0.478 e. The van der Waals surface area contributed by atoms with Crippen molar-refractivity contribution in [3.63, 3.8) is 0 Å². The number of carbonyl (C=O) groups is 1. The summed E-state index contributed by atoms with van der Waals surface area (Å²) in [5, 5.41) is 12.1. The Labute approximate surface area is 94.7 Å². The molecule has 0 saturated heterocycles. The maximum Gasteiger partial charge on any atom is 0.339 e. The Hall–Kier alpha value is -1.58. The first-order chi connectivity index (χ1) is 7.66. The van der Waals surface area contributed by atoms with Gasteiger partial charge in [0, 0.05) is 12.2 Å². The summed E-state index contributed by atoms with van der Waals surface area (Å²) in [6.07, 6.45) is 3.73. The number of carboxylic acids is 1. The topological polar surface area (TPSA) is 62.2 Å². The summed E-state index contributed by atoms with van der Waals surface area (Å²) in [6.45, 7) is 2.67. The molecule has 1 aromatic rings. The zero-order valence-corrected chi connectivity index (χ0v) is 9.36. The Morgan fingerprint density at radius 3 is 2.94 bits per heavy atom. The number of hydrogen-bond acceptors (Lipinski definition) is 3. The Balaban J connectivity index is 2.03. The number of aromatic carboxylic acids is 1. The number of hydrogen-bond donors (Lipinski definition) is 2. The molecule has 1 heterocycles. The number of nitrogens with one attached hydrogen (secondary N) is 1. The molecule has 4 nitrogen and oxygen atoms in total. The van der Waals surface area contributed by atoms with Gasteiger partial charge < -0.3 is 10.4 Å². The van der Waals surface area contributed by atoms with Crippen molar-refractivity contribution in [1.82, 2.24) is 4.98 Å². The summed E-state index contributed by atoms with van der Waals surface area (Å²) in [7, 11) is 0. The fourth-order valence-electron chi connectivity index (χ4n) is 1.67. The number of aryl methyl sites for hydroxylation is 1. The summed E-state index contributed by atoms with van der Waals surface area (Å²) in [5.41, 5.74) is 1.08. The summed E-state index contributed by atoms with van der Waals surface area (Å²) < 4.78 is 0. The fraction of sp³-hybridized carbons (Fsp3) is 0.500. The van der Waals surface area contributed by atoms with Crippen molar-refractivity contribution in [2.45, 2.75) is 26.2 Å². The fourth-order valence-corrected chi connectivity index (χ4v) is 1.67. The molecule has 16 heavy (non-hydrogen) atoms. The van der Waals surface area contributed by atoms with Gasteiger partial charge in [0.25, 0.3) is 0 Å². The molecule has 4 heteroatoms. The summed E-state index contributed by atoms with van der Waals surface area (Å²) in [6, 6.07) is 3.32. The largest absolute Gasteiger partial charge is 0.478 e. The first-order valence-corrected chi connectivity index (χ1v) is 5.61. The Morgan fingerprint density at radius 2 is 2.31 bits per heavy atom. The van der Waals surface area contributed by atoms with Crippen LogP contribution in [0, 0.1) is 12.8 Å². The quantitative estimate of drug-likeness (QED) is 0.799. The van der Waals surface area contributed by atoms with Crippen LogP contribution in [0.5, 0.6) is 0 Å². The lowest BCUT2D eigenvalue weighted by Crippen LogP contribution is -2.10. The van der Waals surface area contributed by atoms with Crippen molar-refractivity contribution in [3.05, 3.63) is 23.4 Å². The van der Waals surface area contributed by atoms with E-state index in [-0.39, 0.29) is 5.56 Å². The zero-order chi connectivity index (χ0) is 11.5. The average Bonchev–Trinajstić information content (AvgIpc) is 3.01. The van der Waals surface area contributed by atoms with Gasteiger partial charge in [0.15, 0.2) is 0 Å². The van der Waals surface area contributed by atoms with E-state index in [0.717, 1.165) is 24.6 Å². The van der Waals surface area contributed by atoms with Crippen molar-refractivity contribution in [2.75, 3.05) is 11.9 Å². The SMILES string of the molecule is Cc1ccc(C(=O)O)c(NCCC2CC2)n1. The van der Waals surface area contributed by atoms with Gasteiger partial charge in [-0.3, -0.25) is 0 Å². The molecule has 1 aliphatic rings. The minimum atomic E-state index is -0.929. The lowest BCUT2D eigenvalue weighted by Gasteiger charge is -2.08. The van der Waals surface area contributed by atoms with Crippen molar-refractivity contribution in [1.29, 1.82) is 0 Å². The van der Waals surface area contributed by atoms with Crippen LogP contribution in [0.3, 0.4) is 0 Å². The van der Waals surface area contributed by atoms with Crippen LogP contribution in [0.1, 0.15) is 35.3 Å². The van der Waals surface area contributed by atoms with Gasteiger partial charge in [-0.25, -0.2) is 9.78 Å². The standard InChI is InChI=1S/C12H16N2O2/c1-8-2-5-10(12(15)16)11(14-8)13-7-6-9-3-4-9/h2,5,9H,3-4,6-7H2,1H3,(H,13,14)(H,15,16). The van der Waals surface area contributed by atoms with Gasteiger partial charge in [0.2, 0.25) is 0 Å². The van der Waals surface area contributed by atoms with Crippen LogP contribution in [0.15, 0.2) is 12.1 Å². The van der Waals surface area contributed by atoms with E-state index in [4.69, 9.17) is 5.11 Å². The highest BCUT2D eigenvalue weighted by Crippen LogP contribution is 2.32. The molecule has 2 N–H and O–H groups in total. The highest BCUT2D eigenvalue weighted by molar-refractivity contribution is 5.93. The summed E-state index contributed by atoms with van der Waals surface area (Å²) in [4.78, 5) is 15.2. The third-order valence-electron chi connectivity index (χ3n) is 2.81. The van der Waals surface area contributed by atoms with Crippen molar-refractivity contribution in [3.8, 4) is 0 Å². The van der Waals surface area contributed by atoms with Gasteiger partial charge >= 0.3 is 5.97 Å². The molecule has 0 radical (unpaired) electrons. The first kappa shape index (κ1) is 10.9. The van der Waals surface area contributed by atoms with Gasteiger partial charge in [-0.1, -0.05) is 12.8 Å². The van der Waals surface area contributed by atoms with E-state index < -0.39 is 5.97 Å². The van der Waals surface area contributed by atoms with E-state index in [9.17, 15) is 4.79 Å². The average molecular weight is 220 g/mol. The second-order valence-electron chi connectivity index (χ2n) is 4.31. The number of nitrogens with zero attached hydrogens (tertiary/aromatic N) is 1. The first-order valence-electron chi connectivity index (χ1n) is 5.61. The molecule has 1 fully saturated rings. The second kappa shape index (κ2) is 4.51. The Morgan fingerprint density at radius 1 is 1.56 bits per heavy atom. The summed E-state index contributed by atoms with van der Waals surface area (Å²) in [5.74, 6) is 0.403. The lowest BCUT2D eigenvalue weighted by molar-refractivity contribution is 0.0697. The highest BCUT2D eigenvalue weighted by atomic mass is 16.4. The maximum atomic E-state index is 11.0. The highest BCUT2D eigenvalue weighted by Gasteiger charge is 2.20. The van der Waals surface area contributed by atoms with Gasteiger partial charge in [-0.15, -0.1) is 0 Å².